The fourth-order valence-corrected chi connectivity index (χ4v) is 1.81. The molecule has 1 aromatic heterocycles. The Kier molecular flexibility index (Phi) is 4.71. The predicted molar refractivity (Wildman–Crippen MR) is 77.6 cm³/mol. The molecule has 1 amide bonds. The molecule has 0 aliphatic heterocycles. The Morgan fingerprint density at radius 2 is 1.80 bits per heavy atom. The first-order valence-corrected chi connectivity index (χ1v) is 6.57. The molecule has 0 spiro atoms. The molecule has 0 aliphatic carbocycles. The van der Waals surface area contributed by atoms with E-state index < -0.39 is 0 Å². The van der Waals surface area contributed by atoms with Gasteiger partial charge in [0, 0.05) is 17.8 Å². The minimum atomic E-state index is 0.00300. The van der Waals surface area contributed by atoms with Gasteiger partial charge in [0.05, 0.1) is 13.5 Å². The van der Waals surface area contributed by atoms with Crippen LogP contribution in [0.5, 0.6) is 5.75 Å². The van der Waals surface area contributed by atoms with Gasteiger partial charge in [0.15, 0.2) is 18.9 Å². The number of carbonyl (C=O) groups excluding carboxylic acids is 1. The summed E-state index contributed by atoms with van der Waals surface area (Å²) in [5.74, 6) is 0.779. The lowest BCUT2D eigenvalue weighted by Gasteiger charge is -2.05. The van der Waals surface area contributed by atoms with E-state index in [1.807, 2.05) is 60.3 Å². The number of pyridine rings is 1. The number of nitrogens with one attached hydrogen (secondary N) is 1. The van der Waals surface area contributed by atoms with Crippen LogP contribution in [-0.4, -0.2) is 13.0 Å². The minimum absolute atomic E-state index is 0.00300. The molecule has 1 aromatic carbocycles. The quantitative estimate of drug-likeness (QED) is 0.848. The SMILES string of the molecule is COc1ccc(NC(=O)CC[n+]2ccc(C)cc2)cc1. The van der Waals surface area contributed by atoms with E-state index in [1.54, 1.807) is 7.11 Å². The largest absolute Gasteiger partial charge is 0.497 e. The Hall–Kier alpha value is -2.36. The van der Waals surface area contributed by atoms with E-state index >= 15 is 0 Å². The van der Waals surface area contributed by atoms with E-state index in [4.69, 9.17) is 4.74 Å². The highest BCUT2D eigenvalue weighted by molar-refractivity contribution is 5.90. The lowest BCUT2D eigenvalue weighted by molar-refractivity contribution is -0.695. The number of carbonyl (C=O) groups is 1. The molecule has 1 N–H and O–H groups in total. The lowest BCUT2D eigenvalue weighted by Crippen LogP contribution is -2.34. The van der Waals surface area contributed by atoms with E-state index in [-0.39, 0.29) is 5.91 Å². The van der Waals surface area contributed by atoms with Gasteiger partial charge in [0.25, 0.3) is 0 Å². The Labute approximate surface area is 119 Å². The van der Waals surface area contributed by atoms with Gasteiger partial charge in [-0.15, -0.1) is 0 Å². The average molecular weight is 271 g/mol. The number of amides is 1. The Balaban J connectivity index is 1.84. The minimum Gasteiger partial charge on any atom is -0.497 e. The number of aryl methyl sites for hydroxylation is 2. The molecular formula is C16H19N2O2+. The van der Waals surface area contributed by atoms with E-state index in [0.29, 0.717) is 13.0 Å². The summed E-state index contributed by atoms with van der Waals surface area (Å²) in [5.41, 5.74) is 1.99. The van der Waals surface area contributed by atoms with Crippen molar-refractivity contribution in [1.82, 2.24) is 0 Å². The van der Waals surface area contributed by atoms with Crippen LogP contribution in [-0.2, 0) is 11.3 Å². The molecule has 1 heterocycles. The monoisotopic (exact) mass is 271 g/mol. The highest BCUT2D eigenvalue weighted by Crippen LogP contribution is 2.14. The molecule has 4 heteroatoms. The maximum Gasteiger partial charge on any atom is 0.230 e. The summed E-state index contributed by atoms with van der Waals surface area (Å²) in [6.45, 7) is 2.71. The summed E-state index contributed by atoms with van der Waals surface area (Å²) in [7, 11) is 1.62. The van der Waals surface area contributed by atoms with Gasteiger partial charge < -0.3 is 10.1 Å². The van der Waals surface area contributed by atoms with Crippen LogP contribution in [0.1, 0.15) is 12.0 Å². The van der Waals surface area contributed by atoms with Gasteiger partial charge in [0.1, 0.15) is 5.75 Å². The highest BCUT2D eigenvalue weighted by Gasteiger charge is 2.07. The van der Waals surface area contributed by atoms with Crippen LogP contribution in [0.15, 0.2) is 48.8 Å². The van der Waals surface area contributed by atoms with Crippen LogP contribution in [0.2, 0.25) is 0 Å². The zero-order chi connectivity index (χ0) is 14.4. The van der Waals surface area contributed by atoms with E-state index in [9.17, 15) is 4.79 Å². The molecule has 0 saturated carbocycles. The fourth-order valence-electron chi connectivity index (χ4n) is 1.81. The second-order valence-corrected chi connectivity index (χ2v) is 4.64. The molecule has 0 radical (unpaired) electrons. The number of rotatable bonds is 5. The van der Waals surface area contributed by atoms with Crippen LogP contribution < -0.4 is 14.6 Å². The first-order valence-electron chi connectivity index (χ1n) is 6.57. The van der Waals surface area contributed by atoms with Gasteiger partial charge in [-0.05, 0) is 36.8 Å². The molecule has 0 atom stereocenters. The van der Waals surface area contributed by atoms with E-state index in [1.165, 1.54) is 5.56 Å². The summed E-state index contributed by atoms with van der Waals surface area (Å²) in [4.78, 5) is 11.9. The number of benzene rings is 1. The van der Waals surface area contributed by atoms with Gasteiger partial charge >= 0.3 is 0 Å². The topological polar surface area (TPSA) is 42.2 Å². The molecule has 0 aliphatic rings. The van der Waals surface area contributed by atoms with Crippen LogP contribution in [0, 0.1) is 6.92 Å². The molecule has 0 bridgehead atoms. The summed E-state index contributed by atoms with van der Waals surface area (Å²) in [5, 5.41) is 2.87. The standard InChI is InChI=1S/C16H18N2O2/c1-13-7-10-18(11-8-13)12-9-16(19)17-14-3-5-15(20-2)6-4-14/h3-8,10-11H,9,12H2,1-2H3/p+1. The summed E-state index contributed by atoms with van der Waals surface area (Å²) in [6.07, 6.45) is 4.41. The molecular weight excluding hydrogens is 252 g/mol. The number of methoxy groups -OCH3 is 1. The lowest BCUT2D eigenvalue weighted by atomic mass is 10.3. The Bertz CT molecular complexity index is 562. The summed E-state index contributed by atoms with van der Waals surface area (Å²) < 4.78 is 7.07. The second-order valence-electron chi connectivity index (χ2n) is 4.64. The number of hydrogen-bond acceptors (Lipinski definition) is 2. The van der Waals surface area contributed by atoms with Crippen molar-refractivity contribution in [2.75, 3.05) is 12.4 Å². The van der Waals surface area contributed by atoms with Gasteiger partial charge in [-0.3, -0.25) is 4.79 Å². The first kappa shape index (κ1) is 14.1. The zero-order valence-electron chi connectivity index (χ0n) is 11.8. The van der Waals surface area contributed by atoms with Crippen molar-refractivity contribution >= 4 is 11.6 Å². The Morgan fingerprint density at radius 1 is 1.15 bits per heavy atom. The maximum atomic E-state index is 11.9. The van der Waals surface area contributed by atoms with Crippen LogP contribution in [0.4, 0.5) is 5.69 Å². The molecule has 2 rings (SSSR count). The normalized spacial score (nSPS) is 10.1. The van der Waals surface area contributed by atoms with Crippen LogP contribution >= 0.6 is 0 Å². The van der Waals surface area contributed by atoms with Crippen LogP contribution in [0.3, 0.4) is 0 Å². The van der Waals surface area contributed by atoms with Crippen molar-refractivity contribution in [3.8, 4) is 5.75 Å². The van der Waals surface area contributed by atoms with Crippen molar-refractivity contribution in [2.45, 2.75) is 19.9 Å². The third-order valence-electron chi connectivity index (χ3n) is 3.03. The molecule has 104 valence electrons. The fraction of sp³-hybridized carbons (Fsp3) is 0.250. The van der Waals surface area contributed by atoms with Gasteiger partial charge in [0.2, 0.25) is 5.91 Å². The first-order chi connectivity index (χ1) is 9.67. The zero-order valence-corrected chi connectivity index (χ0v) is 11.8. The van der Waals surface area contributed by atoms with E-state index in [0.717, 1.165) is 11.4 Å². The smallest absolute Gasteiger partial charge is 0.230 e. The maximum absolute atomic E-state index is 11.9. The molecule has 0 unspecified atom stereocenters. The third-order valence-corrected chi connectivity index (χ3v) is 3.03. The van der Waals surface area contributed by atoms with Crippen molar-refractivity contribution in [3.05, 3.63) is 54.4 Å². The summed E-state index contributed by atoms with van der Waals surface area (Å²) in [6, 6.07) is 11.4. The molecule has 0 saturated heterocycles. The number of aromatic nitrogens is 1. The third kappa shape index (κ3) is 4.09. The van der Waals surface area contributed by atoms with Crippen molar-refractivity contribution < 1.29 is 14.1 Å². The summed E-state index contributed by atoms with van der Waals surface area (Å²) >= 11 is 0. The van der Waals surface area contributed by atoms with Crippen molar-refractivity contribution in [2.24, 2.45) is 0 Å². The molecule has 2 aromatic rings. The van der Waals surface area contributed by atoms with Gasteiger partial charge in [-0.25, -0.2) is 4.57 Å². The second kappa shape index (κ2) is 6.70. The number of hydrogen-bond donors (Lipinski definition) is 1. The van der Waals surface area contributed by atoms with Gasteiger partial charge in [-0.1, -0.05) is 0 Å². The number of nitrogens with zero attached hydrogens (tertiary/aromatic N) is 1. The van der Waals surface area contributed by atoms with Gasteiger partial charge in [-0.2, -0.15) is 0 Å². The molecule has 20 heavy (non-hydrogen) atoms. The van der Waals surface area contributed by atoms with E-state index in [2.05, 4.69) is 5.32 Å². The molecule has 0 fully saturated rings. The predicted octanol–water partition coefficient (Wildman–Crippen LogP) is 2.32. The number of ether oxygens (including phenoxy) is 1. The van der Waals surface area contributed by atoms with Crippen molar-refractivity contribution in [3.63, 3.8) is 0 Å². The highest BCUT2D eigenvalue weighted by atomic mass is 16.5. The average Bonchev–Trinajstić information content (AvgIpc) is 2.47. The number of anilines is 1. The van der Waals surface area contributed by atoms with Crippen LogP contribution in [0.25, 0.3) is 0 Å². The van der Waals surface area contributed by atoms with Crippen molar-refractivity contribution in [1.29, 1.82) is 0 Å². The Morgan fingerprint density at radius 3 is 2.40 bits per heavy atom. The molecule has 4 nitrogen and oxygen atoms in total.